The Bertz CT molecular complexity index is 776. The van der Waals surface area contributed by atoms with Crippen LogP contribution in [0.2, 0.25) is 0 Å². The molecule has 0 fully saturated rings. The van der Waals surface area contributed by atoms with Crippen molar-refractivity contribution in [3.8, 4) is 5.75 Å². The number of aromatic nitrogens is 2. The van der Waals surface area contributed by atoms with Crippen molar-refractivity contribution in [1.82, 2.24) is 9.38 Å². The Balaban J connectivity index is 1.90. The van der Waals surface area contributed by atoms with E-state index in [1.54, 1.807) is 22.7 Å². The monoisotopic (exact) mass is 292 g/mol. The van der Waals surface area contributed by atoms with Gasteiger partial charge in [0.15, 0.2) is 0 Å². The topological polar surface area (TPSA) is 37.5 Å². The minimum Gasteiger partial charge on any atom is -0.506 e. The number of rotatable bonds is 2. The summed E-state index contributed by atoms with van der Waals surface area (Å²) in [4.78, 5) is 4.20. The van der Waals surface area contributed by atoms with Crippen LogP contribution in [0.1, 0.15) is 17.0 Å². The van der Waals surface area contributed by atoms with Gasteiger partial charge in [-0.15, -0.1) is 0 Å². The van der Waals surface area contributed by atoms with Crippen molar-refractivity contribution in [2.24, 2.45) is 0 Å². The van der Waals surface area contributed by atoms with Crippen molar-refractivity contribution in [3.05, 3.63) is 65.7 Å². The molecule has 0 atom stereocenters. The van der Waals surface area contributed by atoms with E-state index >= 15 is 0 Å². The summed E-state index contributed by atoms with van der Waals surface area (Å²) in [7, 11) is 0. The fraction of sp³-hybridized carbons (Fsp3) is 0.133. The number of hydrogen-bond acceptors (Lipinski definition) is 2. The molecule has 0 aliphatic heterocycles. The Morgan fingerprint density at radius 1 is 1.10 bits per heavy atom. The molecule has 0 bridgehead atoms. The zero-order valence-corrected chi connectivity index (χ0v) is 10.8. The predicted octanol–water partition coefficient (Wildman–Crippen LogP) is 3.65. The molecule has 0 aliphatic rings. The van der Waals surface area contributed by atoms with E-state index in [9.17, 15) is 18.3 Å². The number of halogens is 3. The molecular formula is C15H11F3N2O. The number of nitrogens with zero attached hydrogens (tertiary/aromatic N) is 2. The molecule has 0 saturated heterocycles. The first-order valence-corrected chi connectivity index (χ1v) is 6.25. The first kappa shape index (κ1) is 13.5. The number of benzene rings is 1. The molecule has 6 heteroatoms. The molecular weight excluding hydrogens is 281 g/mol. The third-order valence-electron chi connectivity index (χ3n) is 3.27. The van der Waals surface area contributed by atoms with Crippen molar-refractivity contribution < 1.29 is 18.3 Å². The van der Waals surface area contributed by atoms with Gasteiger partial charge < -0.3 is 9.51 Å². The van der Waals surface area contributed by atoms with Gasteiger partial charge in [-0.05, 0) is 29.8 Å². The van der Waals surface area contributed by atoms with Gasteiger partial charge in [-0.1, -0.05) is 12.1 Å². The van der Waals surface area contributed by atoms with Crippen LogP contribution in [0, 0.1) is 0 Å². The number of aromatic hydroxyl groups is 1. The lowest BCUT2D eigenvalue weighted by Crippen LogP contribution is -2.04. The molecule has 3 nitrogen and oxygen atoms in total. The predicted molar refractivity (Wildman–Crippen MR) is 71.1 cm³/mol. The van der Waals surface area contributed by atoms with Crippen LogP contribution in [0.5, 0.6) is 5.75 Å². The van der Waals surface area contributed by atoms with E-state index in [-0.39, 0.29) is 5.75 Å². The molecule has 3 aromatic rings. The van der Waals surface area contributed by atoms with Crippen molar-refractivity contribution in [2.75, 3.05) is 0 Å². The van der Waals surface area contributed by atoms with Crippen LogP contribution in [0.4, 0.5) is 13.2 Å². The first-order chi connectivity index (χ1) is 9.95. The van der Waals surface area contributed by atoms with Gasteiger partial charge in [0.25, 0.3) is 0 Å². The number of imidazole rings is 1. The number of fused-ring (bicyclic) bond motifs is 1. The van der Waals surface area contributed by atoms with Crippen molar-refractivity contribution in [1.29, 1.82) is 0 Å². The van der Waals surface area contributed by atoms with Gasteiger partial charge in [0.05, 0.1) is 11.8 Å². The van der Waals surface area contributed by atoms with E-state index in [4.69, 9.17) is 0 Å². The highest BCUT2D eigenvalue weighted by molar-refractivity contribution is 5.58. The van der Waals surface area contributed by atoms with Gasteiger partial charge in [0.2, 0.25) is 0 Å². The summed E-state index contributed by atoms with van der Waals surface area (Å²) in [5.41, 5.74) is 0.620. The Hall–Kier alpha value is -2.50. The maximum Gasteiger partial charge on any atom is 0.416 e. The van der Waals surface area contributed by atoms with E-state index < -0.39 is 11.7 Å². The van der Waals surface area contributed by atoms with Crippen LogP contribution in [0.15, 0.2) is 48.8 Å². The van der Waals surface area contributed by atoms with Crippen LogP contribution in [-0.2, 0) is 12.6 Å². The minimum atomic E-state index is -4.33. The number of pyridine rings is 1. The van der Waals surface area contributed by atoms with Crippen LogP contribution < -0.4 is 0 Å². The largest absolute Gasteiger partial charge is 0.506 e. The average Bonchev–Trinajstić information content (AvgIpc) is 2.83. The zero-order valence-electron chi connectivity index (χ0n) is 10.8. The van der Waals surface area contributed by atoms with Crippen molar-refractivity contribution in [3.63, 3.8) is 0 Å². The molecule has 21 heavy (non-hydrogen) atoms. The molecule has 3 rings (SSSR count). The van der Waals surface area contributed by atoms with Gasteiger partial charge in [-0.3, -0.25) is 0 Å². The van der Waals surface area contributed by atoms with Gasteiger partial charge in [0, 0.05) is 12.6 Å². The van der Waals surface area contributed by atoms with Crippen LogP contribution >= 0.6 is 0 Å². The summed E-state index contributed by atoms with van der Waals surface area (Å²) >= 11 is 0. The van der Waals surface area contributed by atoms with E-state index in [2.05, 4.69) is 4.98 Å². The van der Waals surface area contributed by atoms with E-state index in [0.29, 0.717) is 17.8 Å². The lowest BCUT2D eigenvalue weighted by atomic mass is 10.1. The fourth-order valence-corrected chi connectivity index (χ4v) is 2.19. The van der Waals surface area contributed by atoms with Gasteiger partial charge >= 0.3 is 6.18 Å². The Morgan fingerprint density at radius 2 is 1.81 bits per heavy atom. The summed E-state index contributed by atoms with van der Waals surface area (Å²) in [6.07, 6.45) is -0.656. The zero-order chi connectivity index (χ0) is 15.0. The maximum atomic E-state index is 12.5. The standard InChI is InChI=1S/C15H11F3N2O/c16-15(17,18)11-5-3-10(4-6-11)8-14-19-9-12-13(21)2-1-7-20(12)14/h1-7,9,21H,8H2. The molecule has 0 spiro atoms. The van der Waals surface area contributed by atoms with Gasteiger partial charge in [-0.25, -0.2) is 4.98 Å². The molecule has 0 saturated carbocycles. The Labute approximate surface area is 118 Å². The Kier molecular flexibility index (Phi) is 3.08. The summed E-state index contributed by atoms with van der Waals surface area (Å²) in [6, 6.07) is 8.23. The highest BCUT2D eigenvalue weighted by atomic mass is 19.4. The molecule has 0 unspecified atom stereocenters. The second-order valence-corrected chi connectivity index (χ2v) is 4.69. The van der Waals surface area contributed by atoms with Gasteiger partial charge in [0.1, 0.15) is 17.1 Å². The molecule has 0 amide bonds. The molecule has 108 valence electrons. The van der Waals surface area contributed by atoms with Gasteiger partial charge in [-0.2, -0.15) is 13.2 Å². The average molecular weight is 292 g/mol. The minimum absolute atomic E-state index is 0.115. The maximum absolute atomic E-state index is 12.5. The van der Waals surface area contributed by atoms with Crippen LogP contribution in [0.25, 0.3) is 5.52 Å². The third-order valence-corrected chi connectivity index (χ3v) is 3.27. The lowest BCUT2D eigenvalue weighted by Gasteiger charge is -2.07. The quantitative estimate of drug-likeness (QED) is 0.783. The molecule has 0 radical (unpaired) electrons. The Morgan fingerprint density at radius 3 is 2.48 bits per heavy atom. The summed E-state index contributed by atoms with van der Waals surface area (Å²) in [5.74, 6) is 0.768. The van der Waals surface area contributed by atoms with E-state index in [0.717, 1.165) is 17.7 Å². The number of alkyl halides is 3. The molecule has 2 aromatic heterocycles. The summed E-state index contributed by atoms with van der Waals surface area (Å²) in [5, 5.41) is 9.69. The van der Waals surface area contributed by atoms with Crippen LogP contribution in [-0.4, -0.2) is 14.5 Å². The van der Waals surface area contributed by atoms with E-state index in [1.165, 1.54) is 18.3 Å². The first-order valence-electron chi connectivity index (χ1n) is 6.25. The summed E-state index contributed by atoms with van der Waals surface area (Å²) in [6.45, 7) is 0. The lowest BCUT2D eigenvalue weighted by molar-refractivity contribution is -0.137. The highest BCUT2D eigenvalue weighted by Crippen LogP contribution is 2.29. The molecule has 1 N–H and O–H groups in total. The second kappa shape index (κ2) is 4.80. The van der Waals surface area contributed by atoms with E-state index in [1.807, 2.05) is 0 Å². The number of hydrogen-bond donors (Lipinski definition) is 1. The SMILES string of the molecule is Oc1cccn2c(Cc3ccc(C(F)(F)F)cc3)ncc12. The highest BCUT2D eigenvalue weighted by Gasteiger charge is 2.29. The fourth-order valence-electron chi connectivity index (χ4n) is 2.19. The molecule has 0 aliphatic carbocycles. The van der Waals surface area contributed by atoms with Crippen molar-refractivity contribution in [2.45, 2.75) is 12.6 Å². The normalized spacial score (nSPS) is 12.0. The van der Waals surface area contributed by atoms with Crippen LogP contribution in [0.3, 0.4) is 0 Å². The molecule has 1 aromatic carbocycles. The van der Waals surface area contributed by atoms with Crippen molar-refractivity contribution >= 4 is 5.52 Å². The second-order valence-electron chi connectivity index (χ2n) is 4.69. The molecule has 2 heterocycles. The third kappa shape index (κ3) is 2.56. The smallest absolute Gasteiger partial charge is 0.416 e. The summed E-state index contributed by atoms with van der Waals surface area (Å²) < 4.78 is 39.2.